The first-order valence-electron chi connectivity index (χ1n) is 9.62. The average molecular weight is 437 g/mol. The van der Waals surface area contributed by atoms with E-state index < -0.39 is 6.04 Å². The van der Waals surface area contributed by atoms with Crippen molar-refractivity contribution in [3.05, 3.63) is 64.1 Å². The van der Waals surface area contributed by atoms with Gasteiger partial charge >= 0.3 is 0 Å². The number of halogens is 2. The zero-order valence-corrected chi connectivity index (χ0v) is 18.2. The van der Waals surface area contributed by atoms with Crippen LogP contribution in [0.15, 0.2) is 48.5 Å². The monoisotopic (exact) mass is 436 g/mol. The summed E-state index contributed by atoms with van der Waals surface area (Å²) in [7, 11) is 0. The maximum atomic E-state index is 12.9. The fourth-order valence-corrected chi connectivity index (χ4v) is 3.35. The largest absolute Gasteiger partial charge is 0.494 e. The number of nitrogens with zero attached hydrogens (tertiary/aromatic N) is 1. The molecule has 2 amide bonds. The lowest BCUT2D eigenvalue weighted by Gasteiger charge is -2.29. The van der Waals surface area contributed by atoms with Crippen LogP contribution in [0, 0.1) is 0 Å². The lowest BCUT2D eigenvalue weighted by Crippen LogP contribution is -2.47. The van der Waals surface area contributed by atoms with E-state index in [1.165, 1.54) is 4.90 Å². The summed E-state index contributed by atoms with van der Waals surface area (Å²) in [6.45, 7) is 4.60. The number of ether oxygens (including phenoxy) is 1. The third kappa shape index (κ3) is 6.94. The van der Waals surface area contributed by atoms with Crippen molar-refractivity contribution in [2.24, 2.45) is 0 Å². The van der Waals surface area contributed by atoms with E-state index in [0.29, 0.717) is 35.2 Å². The molecule has 0 heterocycles. The Kier molecular flexibility index (Phi) is 9.29. The van der Waals surface area contributed by atoms with E-state index in [0.717, 1.165) is 5.75 Å². The molecule has 1 unspecified atom stereocenters. The van der Waals surface area contributed by atoms with Crippen LogP contribution in [0.25, 0.3) is 0 Å². The Morgan fingerprint density at radius 1 is 1.07 bits per heavy atom. The molecule has 0 aromatic heterocycles. The summed E-state index contributed by atoms with van der Waals surface area (Å²) in [4.78, 5) is 26.8. The molecule has 2 aromatic rings. The van der Waals surface area contributed by atoms with Crippen LogP contribution in [0.2, 0.25) is 10.0 Å². The molecule has 0 saturated carbocycles. The Morgan fingerprint density at radius 2 is 1.72 bits per heavy atom. The molecule has 0 aliphatic heterocycles. The highest BCUT2D eigenvalue weighted by Gasteiger charge is 2.26. The van der Waals surface area contributed by atoms with E-state index in [9.17, 15) is 9.59 Å². The van der Waals surface area contributed by atoms with Gasteiger partial charge in [-0.25, -0.2) is 0 Å². The van der Waals surface area contributed by atoms with Crippen LogP contribution in [-0.2, 0) is 16.1 Å². The van der Waals surface area contributed by atoms with Gasteiger partial charge in [0.25, 0.3) is 0 Å². The van der Waals surface area contributed by atoms with Gasteiger partial charge in [-0.3, -0.25) is 9.59 Å². The van der Waals surface area contributed by atoms with Gasteiger partial charge in [-0.1, -0.05) is 47.5 Å². The minimum absolute atomic E-state index is 0.156. The number of para-hydroxylation sites is 1. The van der Waals surface area contributed by atoms with E-state index in [1.54, 1.807) is 25.1 Å². The minimum Gasteiger partial charge on any atom is -0.494 e. The van der Waals surface area contributed by atoms with Gasteiger partial charge in [0, 0.05) is 35.1 Å². The summed E-state index contributed by atoms with van der Waals surface area (Å²) in [5.41, 5.74) is 0.626. The average Bonchev–Trinajstić information content (AvgIpc) is 2.71. The van der Waals surface area contributed by atoms with Gasteiger partial charge in [0.1, 0.15) is 11.8 Å². The lowest BCUT2D eigenvalue weighted by atomic mass is 10.1. The Balaban J connectivity index is 2.05. The highest BCUT2D eigenvalue weighted by Crippen LogP contribution is 2.27. The molecule has 0 bridgehead atoms. The van der Waals surface area contributed by atoms with E-state index in [-0.39, 0.29) is 24.8 Å². The summed E-state index contributed by atoms with van der Waals surface area (Å²) in [6.07, 6.45) is 0.779. The summed E-state index contributed by atoms with van der Waals surface area (Å²) >= 11 is 12.6. The summed E-state index contributed by atoms with van der Waals surface area (Å²) < 4.78 is 5.65. The highest BCUT2D eigenvalue weighted by molar-refractivity contribution is 6.36. The highest BCUT2D eigenvalue weighted by atomic mass is 35.5. The zero-order valence-electron chi connectivity index (χ0n) is 16.7. The van der Waals surface area contributed by atoms with Gasteiger partial charge in [-0.15, -0.1) is 0 Å². The van der Waals surface area contributed by atoms with Gasteiger partial charge in [0.05, 0.1) is 6.61 Å². The molecule has 7 heteroatoms. The smallest absolute Gasteiger partial charge is 0.242 e. The Bertz CT molecular complexity index is 795. The van der Waals surface area contributed by atoms with Crippen molar-refractivity contribution in [1.29, 1.82) is 0 Å². The van der Waals surface area contributed by atoms with Crippen LogP contribution < -0.4 is 10.1 Å². The molecule has 29 heavy (non-hydrogen) atoms. The van der Waals surface area contributed by atoms with Crippen molar-refractivity contribution in [2.75, 3.05) is 13.2 Å². The van der Waals surface area contributed by atoms with Crippen molar-refractivity contribution in [1.82, 2.24) is 10.2 Å². The number of benzene rings is 2. The van der Waals surface area contributed by atoms with Crippen LogP contribution in [-0.4, -0.2) is 35.9 Å². The van der Waals surface area contributed by atoms with Crippen molar-refractivity contribution in [3.63, 3.8) is 0 Å². The van der Waals surface area contributed by atoms with Gasteiger partial charge in [-0.2, -0.15) is 0 Å². The van der Waals surface area contributed by atoms with Gasteiger partial charge < -0.3 is 15.0 Å². The first-order chi connectivity index (χ1) is 13.9. The summed E-state index contributed by atoms with van der Waals surface area (Å²) in [6, 6.07) is 14.0. The molecule has 0 saturated heterocycles. The Hall–Kier alpha value is -2.24. The molecule has 0 spiro atoms. The second-order valence-corrected chi connectivity index (χ2v) is 7.37. The Morgan fingerprint density at radius 3 is 2.34 bits per heavy atom. The summed E-state index contributed by atoms with van der Waals surface area (Å²) in [5, 5.41) is 3.69. The molecular formula is C22H26Cl2N2O3. The van der Waals surface area contributed by atoms with Gasteiger partial charge in [-0.05, 0) is 44.5 Å². The molecule has 1 atom stereocenters. The molecular weight excluding hydrogens is 411 g/mol. The van der Waals surface area contributed by atoms with Crippen molar-refractivity contribution < 1.29 is 14.3 Å². The number of carbonyl (C=O) groups excluding carboxylic acids is 2. The third-order valence-electron chi connectivity index (χ3n) is 4.46. The number of amides is 2. The van der Waals surface area contributed by atoms with Gasteiger partial charge in [0.2, 0.25) is 11.8 Å². The molecule has 1 N–H and O–H groups in total. The fourth-order valence-electron chi connectivity index (χ4n) is 2.83. The quantitative estimate of drug-likeness (QED) is 0.548. The van der Waals surface area contributed by atoms with Crippen LogP contribution in [0.5, 0.6) is 5.75 Å². The number of rotatable bonds is 10. The summed E-state index contributed by atoms with van der Waals surface area (Å²) in [5.74, 6) is 0.385. The second kappa shape index (κ2) is 11.7. The Labute approximate surface area is 181 Å². The normalized spacial score (nSPS) is 11.6. The fraction of sp³-hybridized carbons (Fsp3) is 0.364. The van der Waals surface area contributed by atoms with Crippen molar-refractivity contribution in [2.45, 2.75) is 39.3 Å². The predicted molar refractivity (Wildman–Crippen MR) is 116 cm³/mol. The number of carbonyl (C=O) groups is 2. The van der Waals surface area contributed by atoms with Crippen LogP contribution in [0.3, 0.4) is 0 Å². The first-order valence-corrected chi connectivity index (χ1v) is 10.4. The molecule has 0 radical (unpaired) electrons. The maximum Gasteiger partial charge on any atom is 0.242 e. The number of hydrogen-bond donors (Lipinski definition) is 1. The van der Waals surface area contributed by atoms with E-state index in [1.807, 2.05) is 37.3 Å². The van der Waals surface area contributed by atoms with Crippen LogP contribution in [0.4, 0.5) is 0 Å². The zero-order chi connectivity index (χ0) is 21.2. The maximum absolute atomic E-state index is 12.9. The van der Waals surface area contributed by atoms with E-state index in [2.05, 4.69) is 5.32 Å². The number of nitrogens with one attached hydrogen (secondary N) is 1. The number of likely N-dealkylation sites (N-methyl/N-ethyl adjacent to an activating group) is 1. The molecule has 5 nitrogen and oxygen atoms in total. The predicted octanol–water partition coefficient (Wildman–Crippen LogP) is 4.71. The first kappa shape index (κ1) is 23.0. The topological polar surface area (TPSA) is 58.6 Å². The molecule has 2 aromatic carbocycles. The van der Waals surface area contributed by atoms with Crippen LogP contribution >= 0.6 is 23.2 Å². The SMILES string of the molecule is CCNC(=O)C(C)N(Cc1c(Cl)cccc1Cl)C(=O)CCCOc1ccccc1. The second-order valence-electron chi connectivity index (χ2n) is 6.56. The van der Waals surface area contributed by atoms with Crippen molar-refractivity contribution in [3.8, 4) is 5.75 Å². The molecule has 0 fully saturated rings. The van der Waals surface area contributed by atoms with Crippen LogP contribution in [0.1, 0.15) is 32.3 Å². The minimum atomic E-state index is -0.648. The molecule has 156 valence electrons. The van der Waals surface area contributed by atoms with E-state index in [4.69, 9.17) is 27.9 Å². The number of hydrogen-bond acceptors (Lipinski definition) is 3. The third-order valence-corrected chi connectivity index (χ3v) is 5.16. The molecule has 2 rings (SSSR count). The standard InChI is InChI=1S/C22H26Cl2N2O3/c1-3-25-22(28)16(2)26(15-18-19(23)11-7-12-20(18)24)21(27)13-8-14-29-17-9-5-4-6-10-17/h4-7,9-12,16H,3,8,13-15H2,1-2H3,(H,25,28). The van der Waals surface area contributed by atoms with E-state index >= 15 is 0 Å². The van der Waals surface area contributed by atoms with Crippen molar-refractivity contribution >= 4 is 35.0 Å². The molecule has 0 aliphatic carbocycles. The lowest BCUT2D eigenvalue weighted by molar-refractivity contribution is -0.140. The molecule has 0 aliphatic rings. The van der Waals surface area contributed by atoms with Gasteiger partial charge in [0.15, 0.2) is 0 Å².